The Bertz CT molecular complexity index is 666. The number of piperidine rings is 1. The fourth-order valence-corrected chi connectivity index (χ4v) is 4.14. The molecule has 0 spiro atoms. The van der Waals surface area contributed by atoms with Gasteiger partial charge in [-0.05, 0) is 37.9 Å². The van der Waals surface area contributed by atoms with Gasteiger partial charge in [0.2, 0.25) is 5.95 Å². The van der Waals surface area contributed by atoms with Crippen LogP contribution in [-0.4, -0.2) is 40.7 Å². The first-order valence-electron chi connectivity index (χ1n) is 7.84. The maximum absolute atomic E-state index is 6.26. The van der Waals surface area contributed by atoms with E-state index in [2.05, 4.69) is 20.5 Å². The lowest BCUT2D eigenvalue weighted by Crippen LogP contribution is -2.37. The predicted octanol–water partition coefficient (Wildman–Crippen LogP) is 2.43. The molecular formula is C16H22N4O. The number of hydrogen-bond acceptors (Lipinski definition) is 4. The van der Waals surface area contributed by atoms with Crippen molar-refractivity contribution >= 4 is 17.0 Å². The molecule has 0 amide bonds. The van der Waals surface area contributed by atoms with E-state index in [-0.39, 0.29) is 0 Å². The van der Waals surface area contributed by atoms with Crippen molar-refractivity contribution in [1.29, 1.82) is 0 Å². The van der Waals surface area contributed by atoms with E-state index in [1.165, 1.54) is 32.4 Å². The van der Waals surface area contributed by atoms with Gasteiger partial charge in [0.1, 0.15) is 11.3 Å². The summed E-state index contributed by atoms with van der Waals surface area (Å²) < 4.78 is 7.67. The van der Waals surface area contributed by atoms with Crippen molar-refractivity contribution in [3.63, 3.8) is 0 Å². The lowest BCUT2D eigenvalue weighted by Gasteiger charge is -2.33. The molecule has 2 fully saturated rings. The lowest BCUT2D eigenvalue weighted by atomic mass is 9.98. The van der Waals surface area contributed by atoms with Gasteiger partial charge in [-0.25, -0.2) is 4.98 Å². The third-order valence-electron chi connectivity index (χ3n) is 5.08. The number of nitrogens with two attached hydrogens (primary N) is 1. The Balaban J connectivity index is 1.81. The van der Waals surface area contributed by atoms with Gasteiger partial charge in [-0.2, -0.15) is 0 Å². The number of imidazole rings is 1. The van der Waals surface area contributed by atoms with E-state index in [4.69, 9.17) is 10.5 Å². The molecule has 5 nitrogen and oxygen atoms in total. The molecule has 112 valence electrons. The summed E-state index contributed by atoms with van der Waals surface area (Å²) in [6.45, 7) is 2.41. The van der Waals surface area contributed by atoms with Crippen LogP contribution in [-0.2, 0) is 0 Å². The van der Waals surface area contributed by atoms with Crippen LogP contribution in [0.2, 0.25) is 0 Å². The quantitative estimate of drug-likeness (QED) is 0.921. The standard InChI is InChI=1S/C16H22N4O/c1-21-14-7-4-6-13-15(14)18-16(17)20(13)12-8-10-19-9-3-2-5-11(12)19/h4,6-7,11-12H,2-3,5,8-10H2,1H3,(H2,17,18). The van der Waals surface area contributed by atoms with E-state index in [9.17, 15) is 0 Å². The van der Waals surface area contributed by atoms with E-state index < -0.39 is 0 Å². The molecule has 3 heterocycles. The van der Waals surface area contributed by atoms with Crippen molar-refractivity contribution < 1.29 is 4.74 Å². The molecule has 5 heteroatoms. The SMILES string of the molecule is COc1cccc2c1nc(N)n2C1CCN2CCCCC12. The number of rotatable bonds is 2. The summed E-state index contributed by atoms with van der Waals surface area (Å²) in [5, 5.41) is 0. The number of nitrogens with zero attached hydrogens (tertiary/aromatic N) is 3. The zero-order valence-corrected chi connectivity index (χ0v) is 12.5. The van der Waals surface area contributed by atoms with Crippen LogP contribution in [0.5, 0.6) is 5.75 Å². The van der Waals surface area contributed by atoms with Crippen molar-refractivity contribution in [2.24, 2.45) is 0 Å². The summed E-state index contributed by atoms with van der Waals surface area (Å²) in [5.41, 5.74) is 8.24. The van der Waals surface area contributed by atoms with Gasteiger partial charge in [-0.15, -0.1) is 0 Å². The van der Waals surface area contributed by atoms with Gasteiger partial charge in [0.15, 0.2) is 0 Å². The number of para-hydroxylation sites is 1. The number of anilines is 1. The monoisotopic (exact) mass is 286 g/mol. The highest BCUT2D eigenvalue weighted by molar-refractivity contribution is 5.84. The van der Waals surface area contributed by atoms with Crippen LogP contribution in [0.4, 0.5) is 5.95 Å². The first-order chi connectivity index (χ1) is 10.3. The van der Waals surface area contributed by atoms with E-state index >= 15 is 0 Å². The molecule has 0 saturated carbocycles. The van der Waals surface area contributed by atoms with Gasteiger partial charge in [0.05, 0.1) is 18.7 Å². The molecule has 21 heavy (non-hydrogen) atoms. The summed E-state index contributed by atoms with van der Waals surface area (Å²) in [6.07, 6.45) is 5.09. The van der Waals surface area contributed by atoms with Gasteiger partial charge < -0.3 is 15.0 Å². The highest BCUT2D eigenvalue weighted by Gasteiger charge is 2.38. The molecular weight excluding hydrogens is 264 g/mol. The summed E-state index contributed by atoms with van der Waals surface area (Å²) in [5.74, 6) is 1.42. The summed E-state index contributed by atoms with van der Waals surface area (Å²) in [4.78, 5) is 7.19. The molecule has 0 radical (unpaired) electrons. The summed E-state index contributed by atoms with van der Waals surface area (Å²) in [6, 6.07) is 7.13. The third kappa shape index (κ3) is 1.91. The molecule has 2 saturated heterocycles. The average Bonchev–Trinajstić information content (AvgIpc) is 3.06. The largest absolute Gasteiger partial charge is 0.494 e. The fourth-order valence-electron chi connectivity index (χ4n) is 4.14. The first-order valence-corrected chi connectivity index (χ1v) is 7.84. The fraction of sp³-hybridized carbons (Fsp3) is 0.562. The minimum absolute atomic E-state index is 0.447. The second-order valence-corrected chi connectivity index (χ2v) is 6.12. The Labute approximate surface area is 124 Å². The molecule has 2 unspecified atom stereocenters. The van der Waals surface area contributed by atoms with Crippen LogP contribution in [0.1, 0.15) is 31.7 Å². The molecule has 4 rings (SSSR count). The topological polar surface area (TPSA) is 56.3 Å². The Kier molecular flexibility index (Phi) is 3.03. The number of ether oxygens (including phenoxy) is 1. The Morgan fingerprint density at radius 1 is 1.19 bits per heavy atom. The van der Waals surface area contributed by atoms with Crippen molar-refractivity contribution in [3.8, 4) is 5.75 Å². The second-order valence-electron chi connectivity index (χ2n) is 6.12. The molecule has 2 aliphatic rings. The maximum atomic E-state index is 6.26. The van der Waals surface area contributed by atoms with E-state index in [1.54, 1.807) is 7.11 Å². The maximum Gasteiger partial charge on any atom is 0.201 e. The number of fused-ring (bicyclic) bond motifs is 2. The number of methoxy groups -OCH3 is 1. The molecule has 0 bridgehead atoms. The average molecular weight is 286 g/mol. The zero-order chi connectivity index (χ0) is 14.4. The third-order valence-corrected chi connectivity index (χ3v) is 5.08. The molecule has 2 aromatic rings. The van der Waals surface area contributed by atoms with E-state index in [0.717, 1.165) is 23.2 Å². The number of hydrogen-bond donors (Lipinski definition) is 1. The number of aromatic nitrogens is 2. The van der Waals surface area contributed by atoms with Crippen molar-refractivity contribution in [2.45, 2.75) is 37.8 Å². The minimum Gasteiger partial charge on any atom is -0.494 e. The van der Waals surface area contributed by atoms with Crippen LogP contribution >= 0.6 is 0 Å². The van der Waals surface area contributed by atoms with Crippen molar-refractivity contribution in [2.75, 3.05) is 25.9 Å². The normalized spacial score (nSPS) is 26.1. The Morgan fingerprint density at radius 3 is 2.95 bits per heavy atom. The van der Waals surface area contributed by atoms with Crippen LogP contribution in [0.3, 0.4) is 0 Å². The smallest absolute Gasteiger partial charge is 0.201 e. The van der Waals surface area contributed by atoms with Crippen LogP contribution in [0.15, 0.2) is 18.2 Å². The van der Waals surface area contributed by atoms with Crippen LogP contribution in [0.25, 0.3) is 11.0 Å². The Hall–Kier alpha value is -1.75. The highest BCUT2D eigenvalue weighted by atomic mass is 16.5. The molecule has 1 aromatic carbocycles. The van der Waals surface area contributed by atoms with Gasteiger partial charge in [0, 0.05) is 12.6 Å². The molecule has 2 atom stereocenters. The molecule has 2 N–H and O–H groups in total. The van der Waals surface area contributed by atoms with Gasteiger partial charge in [-0.1, -0.05) is 12.5 Å². The second kappa shape index (κ2) is 4.91. The zero-order valence-electron chi connectivity index (χ0n) is 12.5. The van der Waals surface area contributed by atoms with E-state index in [0.29, 0.717) is 18.0 Å². The molecule has 1 aromatic heterocycles. The highest BCUT2D eigenvalue weighted by Crippen LogP contribution is 2.39. The van der Waals surface area contributed by atoms with Crippen molar-refractivity contribution in [3.05, 3.63) is 18.2 Å². The van der Waals surface area contributed by atoms with Gasteiger partial charge in [0.25, 0.3) is 0 Å². The summed E-state index contributed by atoms with van der Waals surface area (Å²) in [7, 11) is 1.68. The molecule has 2 aliphatic heterocycles. The summed E-state index contributed by atoms with van der Waals surface area (Å²) >= 11 is 0. The first kappa shape index (κ1) is 13.0. The van der Waals surface area contributed by atoms with Crippen molar-refractivity contribution in [1.82, 2.24) is 14.5 Å². The number of benzene rings is 1. The van der Waals surface area contributed by atoms with Crippen LogP contribution in [0, 0.1) is 0 Å². The Morgan fingerprint density at radius 2 is 2.10 bits per heavy atom. The van der Waals surface area contributed by atoms with E-state index in [1.807, 2.05) is 12.1 Å². The van der Waals surface area contributed by atoms with Crippen LogP contribution < -0.4 is 10.5 Å². The predicted molar refractivity (Wildman–Crippen MR) is 83.6 cm³/mol. The minimum atomic E-state index is 0.447. The lowest BCUT2D eigenvalue weighted by molar-refractivity contribution is 0.175. The molecule has 0 aliphatic carbocycles. The van der Waals surface area contributed by atoms with Gasteiger partial charge in [-0.3, -0.25) is 4.90 Å². The number of nitrogen functional groups attached to an aromatic ring is 1. The van der Waals surface area contributed by atoms with Gasteiger partial charge >= 0.3 is 0 Å².